The summed E-state index contributed by atoms with van der Waals surface area (Å²) in [6, 6.07) is 6.75. The van der Waals surface area contributed by atoms with Gasteiger partial charge in [-0.1, -0.05) is 39.8 Å². The molecule has 0 aliphatic heterocycles. The minimum Gasteiger partial charge on any atom is -0.496 e. The molecule has 0 amide bonds. The molecule has 1 aromatic carbocycles. The molecule has 21 heavy (non-hydrogen) atoms. The van der Waals surface area contributed by atoms with Crippen molar-refractivity contribution in [2.45, 2.75) is 52.9 Å². The number of hydrogen-bond donors (Lipinski definition) is 1. The molecule has 2 nitrogen and oxygen atoms in total. The average Bonchev–Trinajstić information content (AvgIpc) is 2.36. The highest BCUT2D eigenvalue weighted by Crippen LogP contribution is 2.55. The fourth-order valence-electron chi connectivity index (χ4n) is 3.96. The van der Waals surface area contributed by atoms with Gasteiger partial charge in [0.15, 0.2) is 0 Å². The molecular formula is C19H31NO. The number of nitrogens with one attached hydrogen (secondary N) is 1. The van der Waals surface area contributed by atoms with Gasteiger partial charge in [0.2, 0.25) is 0 Å². The highest BCUT2D eigenvalue weighted by Gasteiger charge is 2.49. The average molecular weight is 289 g/mol. The van der Waals surface area contributed by atoms with E-state index >= 15 is 0 Å². The monoisotopic (exact) mass is 289 g/mol. The van der Waals surface area contributed by atoms with E-state index < -0.39 is 0 Å². The van der Waals surface area contributed by atoms with E-state index in [9.17, 15) is 0 Å². The van der Waals surface area contributed by atoms with Crippen molar-refractivity contribution in [1.82, 2.24) is 5.32 Å². The van der Waals surface area contributed by atoms with Crippen LogP contribution in [0.5, 0.6) is 5.75 Å². The van der Waals surface area contributed by atoms with Crippen LogP contribution in [-0.2, 0) is 5.41 Å². The first-order valence-electron chi connectivity index (χ1n) is 8.14. The molecule has 1 saturated carbocycles. The summed E-state index contributed by atoms with van der Waals surface area (Å²) in [5.41, 5.74) is 3.38. The van der Waals surface area contributed by atoms with E-state index in [1.54, 1.807) is 7.11 Å². The van der Waals surface area contributed by atoms with Crippen molar-refractivity contribution in [3.05, 3.63) is 29.3 Å². The third-order valence-electron chi connectivity index (χ3n) is 4.67. The Hall–Kier alpha value is -1.02. The van der Waals surface area contributed by atoms with Gasteiger partial charge in [-0.05, 0) is 54.8 Å². The zero-order valence-corrected chi connectivity index (χ0v) is 14.5. The van der Waals surface area contributed by atoms with Crippen molar-refractivity contribution < 1.29 is 4.74 Å². The van der Waals surface area contributed by atoms with Crippen LogP contribution in [0.4, 0.5) is 0 Å². The van der Waals surface area contributed by atoms with E-state index in [1.807, 2.05) is 0 Å². The summed E-state index contributed by atoms with van der Waals surface area (Å²) in [6.45, 7) is 13.5. The van der Waals surface area contributed by atoms with E-state index in [0.717, 1.165) is 18.8 Å². The van der Waals surface area contributed by atoms with Gasteiger partial charge < -0.3 is 10.1 Å². The molecule has 1 aliphatic rings. The minimum absolute atomic E-state index is 0.277. The summed E-state index contributed by atoms with van der Waals surface area (Å²) in [4.78, 5) is 0. The summed E-state index contributed by atoms with van der Waals surface area (Å²) in [5.74, 6) is 1.71. The van der Waals surface area contributed by atoms with Crippen molar-refractivity contribution >= 4 is 0 Å². The maximum atomic E-state index is 5.52. The Balaban J connectivity index is 2.20. The molecule has 0 aromatic heterocycles. The largest absolute Gasteiger partial charge is 0.496 e. The molecular weight excluding hydrogens is 258 g/mol. The maximum Gasteiger partial charge on any atom is 0.122 e. The van der Waals surface area contributed by atoms with Gasteiger partial charge in [0.1, 0.15) is 5.75 Å². The third kappa shape index (κ3) is 3.60. The molecule has 0 unspecified atom stereocenters. The lowest BCUT2D eigenvalue weighted by molar-refractivity contribution is 0.0557. The van der Waals surface area contributed by atoms with Crippen LogP contribution in [0.25, 0.3) is 0 Å². The molecule has 0 bridgehead atoms. The van der Waals surface area contributed by atoms with Crippen molar-refractivity contribution in [3.8, 4) is 5.75 Å². The van der Waals surface area contributed by atoms with Crippen LogP contribution in [0.1, 0.15) is 51.7 Å². The Morgan fingerprint density at radius 2 is 1.90 bits per heavy atom. The van der Waals surface area contributed by atoms with Crippen molar-refractivity contribution in [1.29, 1.82) is 0 Å². The number of aryl methyl sites for hydroxylation is 1. The van der Waals surface area contributed by atoms with E-state index in [-0.39, 0.29) is 5.41 Å². The van der Waals surface area contributed by atoms with Crippen molar-refractivity contribution in [2.75, 3.05) is 20.2 Å². The maximum absolute atomic E-state index is 5.52. The number of hydrogen-bond acceptors (Lipinski definition) is 2. The molecule has 0 atom stereocenters. The quantitative estimate of drug-likeness (QED) is 0.842. The predicted octanol–water partition coefficient (Wildman–Crippen LogP) is 4.31. The SMILES string of the molecule is COc1cc(C2(CNCC(C)C)CC(C)(C)C2)ccc1C. The van der Waals surface area contributed by atoms with E-state index in [2.05, 4.69) is 58.1 Å². The molecule has 2 heteroatoms. The fourth-order valence-corrected chi connectivity index (χ4v) is 3.96. The zero-order chi connectivity index (χ0) is 15.7. The molecule has 0 radical (unpaired) electrons. The molecule has 1 fully saturated rings. The van der Waals surface area contributed by atoms with Gasteiger partial charge in [-0.3, -0.25) is 0 Å². The van der Waals surface area contributed by atoms with Crippen molar-refractivity contribution in [3.63, 3.8) is 0 Å². The van der Waals surface area contributed by atoms with E-state index in [0.29, 0.717) is 11.3 Å². The Bertz CT molecular complexity index is 482. The molecule has 0 saturated heterocycles. The van der Waals surface area contributed by atoms with Crippen LogP contribution in [-0.4, -0.2) is 20.2 Å². The van der Waals surface area contributed by atoms with Gasteiger partial charge in [-0.15, -0.1) is 0 Å². The second-order valence-corrected chi connectivity index (χ2v) is 8.01. The zero-order valence-electron chi connectivity index (χ0n) is 14.5. The summed E-state index contributed by atoms with van der Waals surface area (Å²) < 4.78 is 5.52. The number of benzene rings is 1. The standard InChI is InChI=1S/C19H31NO/c1-14(2)10-20-13-19(11-18(4,5)12-19)16-8-7-15(3)17(9-16)21-6/h7-9,14,20H,10-13H2,1-6H3. The second kappa shape index (κ2) is 6.00. The Morgan fingerprint density at radius 3 is 2.43 bits per heavy atom. The molecule has 0 heterocycles. The first-order chi connectivity index (χ1) is 9.78. The van der Waals surface area contributed by atoms with Crippen molar-refractivity contribution in [2.24, 2.45) is 11.3 Å². The highest BCUT2D eigenvalue weighted by molar-refractivity contribution is 5.42. The van der Waals surface area contributed by atoms with Gasteiger partial charge in [0, 0.05) is 12.0 Å². The normalized spacial score (nSPS) is 19.4. The molecule has 1 aromatic rings. The van der Waals surface area contributed by atoms with E-state index in [4.69, 9.17) is 4.74 Å². The van der Waals surface area contributed by atoms with Gasteiger partial charge in [0.05, 0.1) is 7.11 Å². The molecule has 0 spiro atoms. The summed E-state index contributed by atoms with van der Waals surface area (Å²) in [6.07, 6.45) is 2.49. The summed E-state index contributed by atoms with van der Waals surface area (Å²) in [5, 5.41) is 3.68. The second-order valence-electron chi connectivity index (χ2n) is 8.01. The smallest absolute Gasteiger partial charge is 0.122 e. The van der Waals surface area contributed by atoms with Crippen LogP contribution in [0.2, 0.25) is 0 Å². The Kier molecular flexibility index (Phi) is 4.67. The first kappa shape index (κ1) is 16.4. The van der Waals surface area contributed by atoms with Crippen LogP contribution in [0.3, 0.4) is 0 Å². The highest BCUT2D eigenvalue weighted by atomic mass is 16.5. The Morgan fingerprint density at radius 1 is 1.24 bits per heavy atom. The van der Waals surface area contributed by atoms with Crippen LogP contribution >= 0.6 is 0 Å². The van der Waals surface area contributed by atoms with Gasteiger partial charge >= 0.3 is 0 Å². The predicted molar refractivity (Wildman–Crippen MR) is 90.1 cm³/mol. The lowest BCUT2D eigenvalue weighted by Crippen LogP contribution is -2.52. The molecule has 2 rings (SSSR count). The van der Waals surface area contributed by atoms with Gasteiger partial charge in [-0.25, -0.2) is 0 Å². The fraction of sp³-hybridized carbons (Fsp3) is 0.684. The third-order valence-corrected chi connectivity index (χ3v) is 4.67. The number of ether oxygens (including phenoxy) is 1. The van der Waals surface area contributed by atoms with Gasteiger partial charge in [-0.2, -0.15) is 0 Å². The minimum atomic E-state index is 0.277. The van der Waals surface area contributed by atoms with E-state index in [1.165, 1.54) is 24.0 Å². The molecule has 1 aliphatic carbocycles. The number of rotatable bonds is 6. The van der Waals surface area contributed by atoms with Crippen LogP contribution in [0.15, 0.2) is 18.2 Å². The summed E-state index contributed by atoms with van der Waals surface area (Å²) in [7, 11) is 1.76. The number of methoxy groups -OCH3 is 1. The first-order valence-corrected chi connectivity index (χ1v) is 8.14. The lowest BCUT2D eigenvalue weighted by atomic mass is 9.52. The molecule has 118 valence electrons. The molecule has 1 N–H and O–H groups in total. The van der Waals surface area contributed by atoms with Crippen LogP contribution in [0, 0.1) is 18.3 Å². The van der Waals surface area contributed by atoms with Gasteiger partial charge in [0.25, 0.3) is 0 Å². The topological polar surface area (TPSA) is 21.3 Å². The lowest BCUT2D eigenvalue weighted by Gasteiger charge is -2.54. The Labute approximate surface area is 130 Å². The summed E-state index contributed by atoms with van der Waals surface area (Å²) >= 11 is 0. The van der Waals surface area contributed by atoms with Crippen LogP contribution < -0.4 is 10.1 Å².